The molecule has 0 radical (unpaired) electrons. The second kappa shape index (κ2) is 7.04. The van der Waals surface area contributed by atoms with Gasteiger partial charge in [0.15, 0.2) is 5.82 Å². The van der Waals surface area contributed by atoms with Gasteiger partial charge in [0, 0.05) is 12.7 Å². The van der Waals surface area contributed by atoms with E-state index < -0.39 is 0 Å². The molecule has 0 unspecified atom stereocenters. The predicted octanol–water partition coefficient (Wildman–Crippen LogP) is 3.26. The van der Waals surface area contributed by atoms with Gasteiger partial charge >= 0.3 is 0 Å². The van der Waals surface area contributed by atoms with Crippen molar-refractivity contribution in [3.63, 3.8) is 0 Å². The van der Waals surface area contributed by atoms with E-state index in [0.717, 1.165) is 20.6 Å². The Morgan fingerprint density at radius 1 is 1.29 bits per heavy atom. The minimum atomic E-state index is 0.118. The van der Waals surface area contributed by atoms with Gasteiger partial charge in [0.05, 0.1) is 22.0 Å². The number of hydrogen-bond acceptors (Lipinski definition) is 5. The van der Waals surface area contributed by atoms with Crippen LogP contribution in [0.2, 0.25) is 0 Å². The number of nitrogens with two attached hydrogens (primary N) is 1. The van der Waals surface area contributed by atoms with Crippen molar-refractivity contribution in [2.75, 3.05) is 12.8 Å². The number of benzene rings is 1. The number of aromatic nitrogens is 2. The van der Waals surface area contributed by atoms with Crippen LogP contribution in [-0.4, -0.2) is 23.2 Å². The standard InChI is InChI=1S/C15H18IN3O2/c1-9(2)21-11-6-4-5-10(7-11)15-18-12(8-20-3)13(16)14(17)19-15/h4-7,9H,8H2,1-3H3,(H2,17,18,19). The van der Waals surface area contributed by atoms with Gasteiger partial charge in [-0.15, -0.1) is 0 Å². The van der Waals surface area contributed by atoms with E-state index in [-0.39, 0.29) is 6.10 Å². The molecule has 0 fully saturated rings. The maximum absolute atomic E-state index is 5.96. The molecule has 2 rings (SSSR count). The average molecular weight is 399 g/mol. The maximum atomic E-state index is 5.96. The zero-order chi connectivity index (χ0) is 15.4. The molecule has 0 saturated carbocycles. The molecule has 0 spiro atoms. The lowest BCUT2D eigenvalue weighted by Gasteiger charge is -2.12. The molecule has 1 heterocycles. The summed E-state index contributed by atoms with van der Waals surface area (Å²) in [6, 6.07) is 7.68. The summed E-state index contributed by atoms with van der Waals surface area (Å²) < 4.78 is 11.7. The number of hydrogen-bond donors (Lipinski definition) is 1. The fraction of sp³-hybridized carbons (Fsp3) is 0.333. The summed E-state index contributed by atoms with van der Waals surface area (Å²) in [6.45, 7) is 4.38. The van der Waals surface area contributed by atoms with E-state index in [1.54, 1.807) is 7.11 Å². The molecule has 0 aliphatic rings. The molecule has 1 aromatic carbocycles. The SMILES string of the molecule is COCc1nc(-c2cccc(OC(C)C)c2)nc(N)c1I. The Kier molecular flexibility index (Phi) is 5.35. The minimum Gasteiger partial charge on any atom is -0.491 e. The van der Waals surface area contributed by atoms with Crippen LogP contribution in [0.3, 0.4) is 0 Å². The number of nitrogens with zero attached hydrogens (tertiary/aromatic N) is 2. The van der Waals surface area contributed by atoms with Crippen LogP contribution >= 0.6 is 22.6 Å². The summed E-state index contributed by atoms with van der Waals surface area (Å²) in [5.74, 6) is 1.83. The summed E-state index contributed by atoms with van der Waals surface area (Å²) in [4.78, 5) is 8.89. The number of nitrogen functional groups attached to an aromatic ring is 1. The minimum absolute atomic E-state index is 0.118. The van der Waals surface area contributed by atoms with Gasteiger partial charge in [0.1, 0.15) is 11.6 Å². The average Bonchev–Trinajstić information content (AvgIpc) is 2.43. The van der Waals surface area contributed by atoms with E-state index in [0.29, 0.717) is 18.2 Å². The van der Waals surface area contributed by atoms with E-state index in [4.69, 9.17) is 15.2 Å². The molecule has 0 bridgehead atoms. The zero-order valence-corrected chi connectivity index (χ0v) is 14.4. The van der Waals surface area contributed by atoms with Gasteiger partial charge in [-0.3, -0.25) is 0 Å². The highest BCUT2D eigenvalue weighted by Gasteiger charge is 2.12. The molecule has 6 heteroatoms. The summed E-state index contributed by atoms with van der Waals surface area (Å²) in [5, 5.41) is 0. The third-order valence-corrected chi connectivity index (χ3v) is 3.87. The van der Waals surface area contributed by atoms with Crippen molar-refractivity contribution in [3.8, 4) is 17.1 Å². The van der Waals surface area contributed by atoms with Crippen molar-refractivity contribution in [1.29, 1.82) is 0 Å². The van der Waals surface area contributed by atoms with Gasteiger partial charge in [0.25, 0.3) is 0 Å². The van der Waals surface area contributed by atoms with Crippen molar-refractivity contribution in [3.05, 3.63) is 33.5 Å². The molecule has 21 heavy (non-hydrogen) atoms. The van der Waals surface area contributed by atoms with Crippen LogP contribution in [0, 0.1) is 3.57 Å². The van der Waals surface area contributed by atoms with E-state index in [2.05, 4.69) is 32.6 Å². The van der Waals surface area contributed by atoms with Crippen molar-refractivity contribution < 1.29 is 9.47 Å². The van der Waals surface area contributed by atoms with Crippen molar-refractivity contribution in [2.45, 2.75) is 26.6 Å². The van der Waals surface area contributed by atoms with Crippen LogP contribution in [0.5, 0.6) is 5.75 Å². The Labute approximate surface area is 138 Å². The summed E-state index contributed by atoms with van der Waals surface area (Å²) in [6.07, 6.45) is 0.118. The fourth-order valence-electron chi connectivity index (χ4n) is 1.86. The van der Waals surface area contributed by atoms with Crippen LogP contribution in [0.4, 0.5) is 5.82 Å². The van der Waals surface area contributed by atoms with Crippen LogP contribution in [0.1, 0.15) is 19.5 Å². The first-order valence-electron chi connectivity index (χ1n) is 6.59. The van der Waals surface area contributed by atoms with Gasteiger partial charge in [0.2, 0.25) is 0 Å². The van der Waals surface area contributed by atoms with Crippen LogP contribution in [0.15, 0.2) is 24.3 Å². The fourth-order valence-corrected chi connectivity index (χ4v) is 2.25. The Hall–Kier alpha value is -1.41. The molecular formula is C15H18IN3O2. The zero-order valence-electron chi connectivity index (χ0n) is 12.3. The summed E-state index contributed by atoms with van der Waals surface area (Å²) in [7, 11) is 1.63. The highest BCUT2D eigenvalue weighted by atomic mass is 127. The Bertz CT molecular complexity index is 632. The van der Waals surface area contributed by atoms with Crippen LogP contribution < -0.4 is 10.5 Å². The second-order valence-electron chi connectivity index (χ2n) is 4.82. The number of ether oxygens (including phenoxy) is 2. The molecule has 2 aromatic rings. The van der Waals surface area contributed by atoms with E-state index in [1.165, 1.54) is 0 Å². The summed E-state index contributed by atoms with van der Waals surface area (Å²) >= 11 is 2.13. The molecule has 0 aliphatic carbocycles. The molecule has 0 amide bonds. The quantitative estimate of drug-likeness (QED) is 0.782. The molecule has 0 aliphatic heterocycles. The second-order valence-corrected chi connectivity index (χ2v) is 5.90. The van der Waals surface area contributed by atoms with E-state index in [1.807, 2.05) is 38.1 Å². The molecule has 5 nitrogen and oxygen atoms in total. The monoisotopic (exact) mass is 399 g/mol. The topological polar surface area (TPSA) is 70.3 Å². The third kappa shape index (κ3) is 4.04. The van der Waals surface area contributed by atoms with Crippen LogP contribution in [0.25, 0.3) is 11.4 Å². The third-order valence-electron chi connectivity index (χ3n) is 2.69. The molecule has 0 saturated heterocycles. The smallest absolute Gasteiger partial charge is 0.162 e. The Balaban J connectivity index is 2.41. The normalized spacial score (nSPS) is 10.9. The molecule has 112 valence electrons. The van der Waals surface area contributed by atoms with Crippen molar-refractivity contribution >= 4 is 28.4 Å². The first-order chi connectivity index (χ1) is 10.0. The number of halogens is 1. The van der Waals surface area contributed by atoms with Gasteiger partial charge in [-0.1, -0.05) is 12.1 Å². The van der Waals surface area contributed by atoms with Crippen molar-refractivity contribution in [1.82, 2.24) is 9.97 Å². The number of methoxy groups -OCH3 is 1. The number of anilines is 1. The molecule has 0 atom stereocenters. The van der Waals surface area contributed by atoms with Gasteiger partial charge in [-0.05, 0) is 48.6 Å². The molecular weight excluding hydrogens is 381 g/mol. The summed E-state index contributed by atoms with van der Waals surface area (Å²) in [5.41, 5.74) is 7.62. The highest BCUT2D eigenvalue weighted by Crippen LogP contribution is 2.25. The molecule has 1 aromatic heterocycles. The van der Waals surface area contributed by atoms with Gasteiger partial charge < -0.3 is 15.2 Å². The Morgan fingerprint density at radius 2 is 2.05 bits per heavy atom. The van der Waals surface area contributed by atoms with Crippen molar-refractivity contribution in [2.24, 2.45) is 0 Å². The maximum Gasteiger partial charge on any atom is 0.162 e. The van der Waals surface area contributed by atoms with E-state index >= 15 is 0 Å². The Morgan fingerprint density at radius 3 is 2.71 bits per heavy atom. The highest BCUT2D eigenvalue weighted by molar-refractivity contribution is 14.1. The lowest BCUT2D eigenvalue weighted by atomic mass is 10.2. The predicted molar refractivity (Wildman–Crippen MR) is 91.1 cm³/mol. The van der Waals surface area contributed by atoms with Gasteiger partial charge in [-0.25, -0.2) is 9.97 Å². The largest absolute Gasteiger partial charge is 0.491 e. The lowest BCUT2D eigenvalue weighted by Crippen LogP contribution is -2.07. The number of rotatable bonds is 5. The molecule has 2 N–H and O–H groups in total. The first-order valence-corrected chi connectivity index (χ1v) is 7.67. The van der Waals surface area contributed by atoms with Gasteiger partial charge in [-0.2, -0.15) is 0 Å². The van der Waals surface area contributed by atoms with Crippen LogP contribution in [-0.2, 0) is 11.3 Å². The first kappa shape index (κ1) is 16.0. The lowest BCUT2D eigenvalue weighted by molar-refractivity contribution is 0.181. The van der Waals surface area contributed by atoms with E-state index in [9.17, 15) is 0 Å².